The zero-order valence-corrected chi connectivity index (χ0v) is 16.2. The Kier molecular flexibility index (Phi) is 4.46. The first-order chi connectivity index (χ1) is 11.3. The SMILES string of the molecule is Cc1cc(C)cc(-n2c(C(C)C)nc3cc(F)c(I)cc3c2=O)c1. The third-order valence-corrected chi connectivity index (χ3v) is 4.74. The second kappa shape index (κ2) is 6.27. The molecule has 24 heavy (non-hydrogen) atoms. The van der Waals surface area contributed by atoms with Crippen LogP contribution in [0.2, 0.25) is 0 Å². The van der Waals surface area contributed by atoms with Gasteiger partial charge in [0, 0.05) is 15.6 Å². The summed E-state index contributed by atoms with van der Waals surface area (Å²) in [7, 11) is 0. The summed E-state index contributed by atoms with van der Waals surface area (Å²) in [5, 5.41) is 0.435. The van der Waals surface area contributed by atoms with Gasteiger partial charge in [0.15, 0.2) is 0 Å². The van der Waals surface area contributed by atoms with Gasteiger partial charge in [-0.25, -0.2) is 9.37 Å². The van der Waals surface area contributed by atoms with Gasteiger partial charge < -0.3 is 0 Å². The Balaban J connectivity index is 2.45. The Labute approximate surface area is 153 Å². The molecular formula is C19H18FIN2O. The quantitative estimate of drug-likeness (QED) is 0.538. The van der Waals surface area contributed by atoms with Gasteiger partial charge in [-0.05, 0) is 65.8 Å². The minimum Gasteiger partial charge on any atom is -0.268 e. The third-order valence-electron chi connectivity index (χ3n) is 3.92. The minimum atomic E-state index is -0.353. The summed E-state index contributed by atoms with van der Waals surface area (Å²) in [5.41, 5.74) is 3.21. The number of nitrogens with zero attached hydrogens (tertiary/aromatic N) is 2. The van der Waals surface area contributed by atoms with E-state index in [1.54, 1.807) is 10.6 Å². The van der Waals surface area contributed by atoms with E-state index in [0.29, 0.717) is 20.3 Å². The number of aryl methyl sites for hydroxylation is 2. The van der Waals surface area contributed by atoms with Crippen molar-refractivity contribution in [1.82, 2.24) is 9.55 Å². The van der Waals surface area contributed by atoms with Gasteiger partial charge in [0.05, 0.1) is 16.6 Å². The van der Waals surface area contributed by atoms with Crippen molar-refractivity contribution >= 4 is 33.5 Å². The molecule has 124 valence electrons. The van der Waals surface area contributed by atoms with Crippen LogP contribution < -0.4 is 5.56 Å². The molecule has 0 saturated heterocycles. The predicted molar refractivity (Wildman–Crippen MR) is 104 cm³/mol. The maximum absolute atomic E-state index is 13.9. The summed E-state index contributed by atoms with van der Waals surface area (Å²) in [6.45, 7) is 7.97. The summed E-state index contributed by atoms with van der Waals surface area (Å²) >= 11 is 1.90. The molecule has 0 atom stereocenters. The van der Waals surface area contributed by atoms with Crippen molar-refractivity contribution < 1.29 is 4.39 Å². The smallest absolute Gasteiger partial charge is 0.266 e. The molecule has 0 fully saturated rings. The summed E-state index contributed by atoms with van der Waals surface area (Å²) in [4.78, 5) is 17.7. The molecule has 5 heteroatoms. The van der Waals surface area contributed by atoms with Gasteiger partial charge in [0.2, 0.25) is 0 Å². The van der Waals surface area contributed by atoms with Crippen LogP contribution in [0.1, 0.15) is 36.7 Å². The number of hydrogen-bond donors (Lipinski definition) is 0. The van der Waals surface area contributed by atoms with Crippen LogP contribution in [0.25, 0.3) is 16.6 Å². The van der Waals surface area contributed by atoms with Crippen molar-refractivity contribution in [3.05, 3.63) is 67.0 Å². The highest BCUT2D eigenvalue weighted by atomic mass is 127. The second-order valence-corrected chi connectivity index (χ2v) is 7.56. The highest BCUT2D eigenvalue weighted by molar-refractivity contribution is 14.1. The van der Waals surface area contributed by atoms with Crippen molar-refractivity contribution in [3.63, 3.8) is 0 Å². The number of rotatable bonds is 2. The molecule has 0 bridgehead atoms. The summed E-state index contributed by atoms with van der Waals surface area (Å²) in [6, 6.07) is 8.93. The molecule has 0 amide bonds. The van der Waals surface area contributed by atoms with Crippen molar-refractivity contribution in [2.24, 2.45) is 0 Å². The van der Waals surface area contributed by atoms with Crippen LogP contribution in [-0.4, -0.2) is 9.55 Å². The second-order valence-electron chi connectivity index (χ2n) is 6.39. The van der Waals surface area contributed by atoms with E-state index in [9.17, 15) is 9.18 Å². The molecule has 1 aromatic heterocycles. The van der Waals surface area contributed by atoms with E-state index in [0.717, 1.165) is 16.8 Å². The molecule has 3 aromatic rings. The number of hydrogen-bond acceptors (Lipinski definition) is 2. The molecule has 0 spiro atoms. The molecule has 2 aromatic carbocycles. The number of benzene rings is 2. The Bertz CT molecular complexity index is 988. The molecule has 0 unspecified atom stereocenters. The van der Waals surface area contributed by atoms with Crippen LogP contribution >= 0.6 is 22.6 Å². The van der Waals surface area contributed by atoms with E-state index in [4.69, 9.17) is 0 Å². The Hall–Kier alpha value is -1.76. The number of halogens is 2. The predicted octanol–water partition coefficient (Wildman–Crippen LogP) is 4.87. The van der Waals surface area contributed by atoms with Gasteiger partial charge in [0.25, 0.3) is 5.56 Å². The highest BCUT2D eigenvalue weighted by Crippen LogP contribution is 2.23. The van der Waals surface area contributed by atoms with Crippen molar-refractivity contribution in [3.8, 4) is 5.69 Å². The lowest BCUT2D eigenvalue weighted by Gasteiger charge is -2.17. The van der Waals surface area contributed by atoms with Gasteiger partial charge in [0.1, 0.15) is 11.6 Å². The highest BCUT2D eigenvalue weighted by Gasteiger charge is 2.17. The third kappa shape index (κ3) is 2.97. The van der Waals surface area contributed by atoms with Crippen LogP contribution in [-0.2, 0) is 0 Å². The van der Waals surface area contributed by atoms with E-state index >= 15 is 0 Å². The monoisotopic (exact) mass is 436 g/mol. The first kappa shape index (κ1) is 17.1. The maximum atomic E-state index is 13.9. The van der Waals surface area contributed by atoms with Crippen LogP contribution in [0, 0.1) is 23.2 Å². The van der Waals surface area contributed by atoms with Gasteiger partial charge in [-0.2, -0.15) is 0 Å². The lowest BCUT2D eigenvalue weighted by molar-refractivity contribution is 0.621. The normalized spacial score (nSPS) is 11.5. The topological polar surface area (TPSA) is 34.9 Å². The van der Waals surface area contributed by atoms with Crippen LogP contribution in [0.15, 0.2) is 35.1 Å². The summed E-state index contributed by atoms with van der Waals surface area (Å²) in [6.07, 6.45) is 0. The van der Waals surface area contributed by atoms with Crippen LogP contribution in [0.4, 0.5) is 4.39 Å². The molecule has 1 heterocycles. The maximum Gasteiger partial charge on any atom is 0.266 e. The number of aromatic nitrogens is 2. The Morgan fingerprint density at radius 3 is 2.29 bits per heavy atom. The van der Waals surface area contributed by atoms with E-state index in [1.165, 1.54) is 6.07 Å². The van der Waals surface area contributed by atoms with Gasteiger partial charge in [-0.3, -0.25) is 9.36 Å². The van der Waals surface area contributed by atoms with E-state index in [2.05, 4.69) is 11.1 Å². The van der Waals surface area contributed by atoms with E-state index < -0.39 is 0 Å². The van der Waals surface area contributed by atoms with Crippen LogP contribution in [0.3, 0.4) is 0 Å². The Morgan fingerprint density at radius 1 is 1.08 bits per heavy atom. The standard InChI is InChI=1S/C19H18FIN2O/c1-10(2)18-22-17-9-15(20)16(21)8-14(17)19(24)23(18)13-6-11(3)5-12(4)7-13/h5-10H,1-4H3. The van der Waals surface area contributed by atoms with Crippen molar-refractivity contribution in [2.75, 3.05) is 0 Å². The van der Waals surface area contributed by atoms with Gasteiger partial charge >= 0.3 is 0 Å². The molecule has 0 aliphatic heterocycles. The first-order valence-electron chi connectivity index (χ1n) is 7.78. The fourth-order valence-corrected chi connectivity index (χ4v) is 3.38. The fraction of sp³-hybridized carbons (Fsp3) is 0.263. The minimum absolute atomic E-state index is 0.0326. The molecule has 3 nitrogen and oxygen atoms in total. The number of fused-ring (bicyclic) bond motifs is 1. The van der Waals surface area contributed by atoms with Crippen LogP contribution in [0.5, 0.6) is 0 Å². The van der Waals surface area contributed by atoms with Gasteiger partial charge in [-0.15, -0.1) is 0 Å². The van der Waals surface area contributed by atoms with E-state index in [-0.39, 0.29) is 17.3 Å². The molecule has 3 rings (SSSR count). The van der Waals surface area contributed by atoms with Crippen molar-refractivity contribution in [1.29, 1.82) is 0 Å². The molecular weight excluding hydrogens is 418 g/mol. The Morgan fingerprint density at radius 2 is 1.71 bits per heavy atom. The summed E-state index contributed by atoms with van der Waals surface area (Å²) in [5.74, 6) is 0.317. The van der Waals surface area contributed by atoms with Crippen molar-refractivity contribution in [2.45, 2.75) is 33.6 Å². The fourth-order valence-electron chi connectivity index (χ4n) is 2.91. The first-order valence-corrected chi connectivity index (χ1v) is 8.86. The average Bonchev–Trinajstić information content (AvgIpc) is 2.48. The largest absolute Gasteiger partial charge is 0.268 e. The molecule has 0 saturated carbocycles. The summed E-state index contributed by atoms with van der Waals surface area (Å²) < 4.78 is 16.0. The lowest BCUT2D eigenvalue weighted by atomic mass is 10.1. The zero-order valence-electron chi connectivity index (χ0n) is 14.0. The lowest BCUT2D eigenvalue weighted by Crippen LogP contribution is -2.25. The molecule has 0 N–H and O–H groups in total. The van der Waals surface area contributed by atoms with E-state index in [1.807, 2.05) is 62.4 Å². The van der Waals surface area contributed by atoms with Gasteiger partial charge in [-0.1, -0.05) is 19.9 Å². The molecule has 0 aliphatic carbocycles. The zero-order chi connectivity index (χ0) is 17.6. The molecule has 0 aliphatic rings. The average molecular weight is 436 g/mol. The molecule has 0 radical (unpaired) electrons.